The number of rotatable bonds is 11. The summed E-state index contributed by atoms with van der Waals surface area (Å²) < 4.78 is 34.3. The molecule has 1 aromatic rings. The van der Waals surface area contributed by atoms with Gasteiger partial charge in [0.1, 0.15) is 0 Å². The molecule has 1 aromatic heterocycles. The van der Waals surface area contributed by atoms with Crippen LogP contribution in [-0.4, -0.2) is 68.8 Å². The minimum absolute atomic E-state index is 0. The molecule has 1 atom stereocenters. The van der Waals surface area contributed by atoms with E-state index in [-0.39, 0.29) is 35.8 Å². The van der Waals surface area contributed by atoms with Gasteiger partial charge in [-0.2, -0.15) is 5.10 Å². The lowest BCUT2D eigenvalue weighted by molar-refractivity contribution is 0.0200. The number of guanidine groups is 1. The Kier molecular flexibility index (Phi) is 12.7. The number of aryl methyl sites for hydroxylation is 1. The van der Waals surface area contributed by atoms with Gasteiger partial charge in [-0.15, -0.1) is 24.0 Å². The largest absolute Gasteiger partial charge is 0.377 e. The normalized spacial score (nSPS) is 17.8. The van der Waals surface area contributed by atoms with Crippen molar-refractivity contribution in [1.82, 2.24) is 25.1 Å². The van der Waals surface area contributed by atoms with Crippen molar-refractivity contribution in [3.8, 4) is 0 Å². The standard InChI is InChI=1S/C17H32N6O3S.HI/c1-2-18-17(19-8-5-11-23-12-6-9-21-23)20-10-14-27(24,25)22-15-16-7-3-4-13-26-16;/h6,9,12,16,22H,2-5,7-8,10-11,13-15H2,1H3,(H2,18,19,20);1H. The molecule has 1 aliphatic rings. The summed E-state index contributed by atoms with van der Waals surface area (Å²) in [5, 5.41) is 10.4. The minimum Gasteiger partial charge on any atom is -0.377 e. The Morgan fingerprint density at radius 1 is 1.36 bits per heavy atom. The van der Waals surface area contributed by atoms with Crippen LogP contribution in [0.2, 0.25) is 0 Å². The monoisotopic (exact) mass is 528 g/mol. The van der Waals surface area contributed by atoms with Gasteiger partial charge in [-0.3, -0.25) is 9.67 Å². The van der Waals surface area contributed by atoms with Gasteiger partial charge in [0, 0.05) is 51.7 Å². The summed E-state index contributed by atoms with van der Waals surface area (Å²) in [6, 6.07) is 1.89. The predicted molar refractivity (Wildman–Crippen MR) is 122 cm³/mol. The average molecular weight is 528 g/mol. The van der Waals surface area contributed by atoms with Crippen LogP contribution in [0.3, 0.4) is 0 Å². The zero-order chi connectivity index (χ0) is 19.4. The Morgan fingerprint density at radius 3 is 2.89 bits per heavy atom. The van der Waals surface area contributed by atoms with E-state index in [2.05, 4.69) is 25.4 Å². The van der Waals surface area contributed by atoms with Gasteiger partial charge >= 0.3 is 0 Å². The second-order valence-corrected chi connectivity index (χ2v) is 8.39. The van der Waals surface area contributed by atoms with Crippen molar-refractivity contribution < 1.29 is 13.2 Å². The second-order valence-electron chi connectivity index (χ2n) is 6.47. The van der Waals surface area contributed by atoms with Crippen molar-refractivity contribution in [2.24, 2.45) is 4.99 Å². The van der Waals surface area contributed by atoms with Gasteiger partial charge in [0.25, 0.3) is 0 Å². The van der Waals surface area contributed by atoms with Crippen molar-refractivity contribution in [2.45, 2.75) is 45.3 Å². The summed E-state index contributed by atoms with van der Waals surface area (Å²) in [7, 11) is -3.33. The van der Waals surface area contributed by atoms with E-state index in [0.717, 1.165) is 45.4 Å². The fourth-order valence-electron chi connectivity index (χ4n) is 2.76. The van der Waals surface area contributed by atoms with E-state index in [1.165, 1.54) is 0 Å². The lowest BCUT2D eigenvalue weighted by Crippen LogP contribution is -2.42. The van der Waals surface area contributed by atoms with Gasteiger partial charge in [0.2, 0.25) is 10.0 Å². The highest BCUT2D eigenvalue weighted by Crippen LogP contribution is 2.11. The molecule has 0 bridgehead atoms. The minimum atomic E-state index is -3.33. The van der Waals surface area contributed by atoms with E-state index < -0.39 is 10.0 Å². The first-order chi connectivity index (χ1) is 13.1. The second kappa shape index (κ2) is 14.1. The third-order valence-electron chi connectivity index (χ3n) is 4.19. The van der Waals surface area contributed by atoms with Gasteiger partial charge < -0.3 is 15.4 Å². The van der Waals surface area contributed by atoms with Crippen LogP contribution in [0.5, 0.6) is 0 Å². The predicted octanol–water partition coefficient (Wildman–Crippen LogP) is 0.935. The Balaban J connectivity index is 0.00000392. The number of aliphatic imine (C=N–C) groups is 1. The first-order valence-corrected chi connectivity index (χ1v) is 11.3. The van der Waals surface area contributed by atoms with Crippen LogP contribution >= 0.6 is 24.0 Å². The Bertz CT molecular complexity index is 648. The van der Waals surface area contributed by atoms with Crippen LogP contribution in [0.1, 0.15) is 32.6 Å². The van der Waals surface area contributed by atoms with Crippen molar-refractivity contribution in [3.05, 3.63) is 18.5 Å². The highest BCUT2D eigenvalue weighted by molar-refractivity contribution is 14.0. The Morgan fingerprint density at radius 2 is 2.21 bits per heavy atom. The molecule has 0 aliphatic carbocycles. The molecular formula is C17H33IN6O3S. The Hall–Kier alpha value is -0.920. The number of hydrogen-bond acceptors (Lipinski definition) is 5. The number of nitrogens with zero attached hydrogens (tertiary/aromatic N) is 3. The number of ether oxygens (including phenoxy) is 1. The number of nitrogens with one attached hydrogen (secondary N) is 3. The molecule has 3 N–H and O–H groups in total. The van der Waals surface area contributed by atoms with Gasteiger partial charge in [-0.1, -0.05) is 0 Å². The smallest absolute Gasteiger partial charge is 0.213 e. The fraction of sp³-hybridized carbons (Fsp3) is 0.765. The van der Waals surface area contributed by atoms with Gasteiger partial charge in [-0.05, 0) is 38.7 Å². The summed E-state index contributed by atoms with van der Waals surface area (Å²) in [5.41, 5.74) is 0. The summed E-state index contributed by atoms with van der Waals surface area (Å²) in [5.74, 6) is 0.626. The van der Waals surface area contributed by atoms with Crippen LogP contribution in [0.15, 0.2) is 23.5 Å². The summed E-state index contributed by atoms with van der Waals surface area (Å²) in [6.07, 6.45) is 7.59. The van der Waals surface area contributed by atoms with E-state index in [1.807, 2.05) is 23.9 Å². The van der Waals surface area contributed by atoms with E-state index in [4.69, 9.17) is 4.74 Å². The molecule has 0 amide bonds. The van der Waals surface area contributed by atoms with Crippen LogP contribution in [0, 0.1) is 0 Å². The number of aromatic nitrogens is 2. The first-order valence-electron chi connectivity index (χ1n) is 9.67. The van der Waals surface area contributed by atoms with Crippen molar-refractivity contribution in [2.75, 3.05) is 38.5 Å². The van der Waals surface area contributed by atoms with E-state index >= 15 is 0 Å². The van der Waals surface area contributed by atoms with Gasteiger partial charge in [-0.25, -0.2) is 13.1 Å². The van der Waals surface area contributed by atoms with Crippen LogP contribution < -0.4 is 15.4 Å². The molecule has 0 radical (unpaired) electrons. The quantitative estimate of drug-likeness (QED) is 0.171. The maximum absolute atomic E-state index is 12.1. The third-order valence-corrected chi connectivity index (χ3v) is 5.53. The lowest BCUT2D eigenvalue weighted by atomic mass is 10.1. The number of hydrogen-bond donors (Lipinski definition) is 3. The maximum atomic E-state index is 12.1. The van der Waals surface area contributed by atoms with E-state index in [9.17, 15) is 8.42 Å². The molecule has 1 fully saturated rings. The zero-order valence-electron chi connectivity index (χ0n) is 16.5. The van der Waals surface area contributed by atoms with Crippen LogP contribution in [0.25, 0.3) is 0 Å². The van der Waals surface area contributed by atoms with Gasteiger partial charge in [0.15, 0.2) is 5.96 Å². The third kappa shape index (κ3) is 10.6. The molecule has 1 saturated heterocycles. The molecular weight excluding hydrogens is 495 g/mol. The molecule has 1 aliphatic heterocycles. The van der Waals surface area contributed by atoms with Crippen molar-refractivity contribution >= 4 is 40.0 Å². The topological polar surface area (TPSA) is 110 Å². The highest BCUT2D eigenvalue weighted by atomic mass is 127. The zero-order valence-corrected chi connectivity index (χ0v) is 19.6. The highest BCUT2D eigenvalue weighted by Gasteiger charge is 2.17. The van der Waals surface area contributed by atoms with Crippen molar-refractivity contribution in [3.63, 3.8) is 0 Å². The number of sulfonamides is 1. The number of halogens is 1. The fourth-order valence-corrected chi connectivity index (χ4v) is 3.72. The molecule has 1 unspecified atom stereocenters. The molecule has 2 heterocycles. The van der Waals surface area contributed by atoms with E-state index in [1.54, 1.807) is 6.20 Å². The summed E-state index contributed by atoms with van der Waals surface area (Å²) in [6.45, 7) is 5.50. The lowest BCUT2D eigenvalue weighted by Gasteiger charge is -2.22. The molecule has 0 aromatic carbocycles. The van der Waals surface area contributed by atoms with Gasteiger partial charge in [0.05, 0.1) is 11.9 Å². The van der Waals surface area contributed by atoms with E-state index in [0.29, 0.717) is 25.6 Å². The SMILES string of the molecule is CCNC(=NCCCn1cccn1)NCCS(=O)(=O)NCC1CCCCO1.I. The summed E-state index contributed by atoms with van der Waals surface area (Å²) >= 11 is 0. The first kappa shape index (κ1) is 25.1. The molecule has 0 spiro atoms. The molecule has 162 valence electrons. The molecule has 9 nitrogen and oxygen atoms in total. The van der Waals surface area contributed by atoms with Crippen LogP contribution in [0.4, 0.5) is 0 Å². The molecule has 0 saturated carbocycles. The summed E-state index contributed by atoms with van der Waals surface area (Å²) in [4.78, 5) is 4.47. The van der Waals surface area contributed by atoms with Crippen molar-refractivity contribution in [1.29, 1.82) is 0 Å². The van der Waals surface area contributed by atoms with Crippen LogP contribution in [-0.2, 0) is 21.3 Å². The average Bonchev–Trinajstić information content (AvgIpc) is 3.18. The molecule has 11 heteroatoms. The Labute approximate surface area is 185 Å². The maximum Gasteiger partial charge on any atom is 0.213 e. The molecule has 28 heavy (non-hydrogen) atoms. The molecule has 2 rings (SSSR count).